The van der Waals surface area contributed by atoms with Crippen LogP contribution in [0.4, 0.5) is 0 Å². The maximum absolute atomic E-state index is 12.3. The Balaban J connectivity index is 1.57. The lowest BCUT2D eigenvalue weighted by Gasteiger charge is -2.03. The average Bonchev–Trinajstić information content (AvgIpc) is 3.30. The number of rotatable bonds is 7. The molecule has 3 rings (SSSR count). The molecule has 26 heavy (non-hydrogen) atoms. The summed E-state index contributed by atoms with van der Waals surface area (Å²) in [7, 11) is -3.45. The monoisotopic (exact) mass is 391 g/mol. The summed E-state index contributed by atoms with van der Waals surface area (Å²) >= 11 is 1.53. The van der Waals surface area contributed by atoms with Crippen molar-refractivity contribution in [3.63, 3.8) is 0 Å². The zero-order valence-electron chi connectivity index (χ0n) is 14.0. The fourth-order valence-electron chi connectivity index (χ4n) is 2.19. The molecule has 0 unspecified atom stereocenters. The van der Waals surface area contributed by atoms with Gasteiger partial charge in [0.15, 0.2) is 15.7 Å². The van der Waals surface area contributed by atoms with Crippen molar-refractivity contribution in [2.45, 2.75) is 24.8 Å². The molecule has 1 N–H and O–H groups in total. The molecule has 2 aromatic heterocycles. The molecule has 0 saturated carbocycles. The third-order valence-electron chi connectivity index (χ3n) is 3.64. The molecule has 0 aliphatic carbocycles. The van der Waals surface area contributed by atoms with E-state index in [0.717, 1.165) is 10.4 Å². The van der Waals surface area contributed by atoms with E-state index < -0.39 is 15.7 Å². The Morgan fingerprint density at radius 2 is 2.00 bits per heavy atom. The highest BCUT2D eigenvalue weighted by Gasteiger charge is 2.19. The Labute approximate surface area is 155 Å². The third kappa shape index (κ3) is 4.55. The van der Waals surface area contributed by atoms with Crippen LogP contribution in [0.1, 0.15) is 27.0 Å². The first-order valence-electron chi connectivity index (χ1n) is 7.86. The zero-order chi connectivity index (χ0) is 18.6. The van der Waals surface area contributed by atoms with Gasteiger partial charge in [0.2, 0.25) is 0 Å². The highest BCUT2D eigenvalue weighted by Crippen LogP contribution is 2.13. The maximum atomic E-state index is 12.3. The highest BCUT2D eigenvalue weighted by atomic mass is 32.2. The molecule has 0 bridgehead atoms. The van der Waals surface area contributed by atoms with Gasteiger partial charge in [-0.3, -0.25) is 4.79 Å². The van der Waals surface area contributed by atoms with Crippen LogP contribution in [0.2, 0.25) is 0 Å². The van der Waals surface area contributed by atoms with E-state index in [1.54, 1.807) is 24.3 Å². The van der Waals surface area contributed by atoms with Gasteiger partial charge in [0.05, 0.1) is 17.2 Å². The number of hydrogen-bond acceptors (Lipinski definition) is 7. The van der Waals surface area contributed by atoms with Crippen LogP contribution in [0.15, 0.2) is 51.2 Å². The van der Waals surface area contributed by atoms with E-state index in [1.807, 2.05) is 24.4 Å². The number of amides is 1. The van der Waals surface area contributed by atoms with Crippen LogP contribution in [0.5, 0.6) is 0 Å². The molecule has 136 valence electrons. The van der Waals surface area contributed by atoms with Gasteiger partial charge in [-0.25, -0.2) is 8.42 Å². The first-order valence-corrected chi connectivity index (χ1v) is 10.4. The summed E-state index contributed by atoms with van der Waals surface area (Å²) in [5.41, 5.74) is 0.986. The molecule has 0 saturated heterocycles. The van der Waals surface area contributed by atoms with Crippen LogP contribution in [0, 0.1) is 6.92 Å². The summed E-state index contributed by atoms with van der Waals surface area (Å²) in [5.74, 6) is -0.643. The second-order valence-electron chi connectivity index (χ2n) is 5.66. The standard InChI is InChI=1S/C17H17N3O4S2/c1-12-4-6-14(7-5-12)26(22,23)10-8-15-19-17(24-20-15)16(21)18-11-13-3-2-9-25-13/h2-7,9H,8,10-11H2,1H3,(H,18,21). The van der Waals surface area contributed by atoms with E-state index in [9.17, 15) is 13.2 Å². The Hall–Kier alpha value is -2.52. The van der Waals surface area contributed by atoms with Crippen LogP contribution in [0.25, 0.3) is 0 Å². The van der Waals surface area contributed by atoms with E-state index >= 15 is 0 Å². The number of carbonyl (C=O) groups is 1. The topological polar surface area (TPSA) is 102 Å². The lowest BCUT2D eigenvalue weighted by atomic mass is 10.2. The first kappa shape index (κ1) is 18.3. The van der Waals surface area contributed by atoms with Crippen molar-refractivity contribution < 1.29 is 17.7 Å². The van der Waals surface area contributed by atoms with E-state index in [2.05, 4.69) is 15.5 Å². The number of carbonyl (C=O) groups excluding carboxylic acids is 1. The number of thiophene rings is 1. The van der Waals surface area contributed by atoms with E-state index in [0.29, 0.717) is 6.54 Å². The fourth-order valence-corrected chi connectivity index (χ4v) is 4.08. The van der Waals surface area contributed by atoms with Gasteiger partial charge in [0.25, 0.3) is 0 Å². The zero-order valence-corrected chi connectivity index (χ0v) is 15.6. The second kappa shape index (κ2) is 7.79. The van der Waals surface area contributed by atoms with Crippen molar-refractivity contribution in [3.05, 3.63) is 63.9 Å². The Bertz CT molecular complexity index is 977. The minimum Gasteiger partial charge on any atom is -0.343 e. The molecular weight excluding hydrogens is 374 g/mol. The molecule has 9 heteroatoms. The first-order chi connectivity index (χ1) is 12.4. The number of nitrogens with zero attached hydrogens (tertiary/aromatic N) is 2. The third-order valence-corrected chi connectivity index (χ3v) is 6.25. The Morgan fingerprint density at radius 3 is 2.69 bits per heavy atom. The van der Waals surface area contributed by atoms with Gasteiger partial charge in [-0.05, 0) is 30.5 Å². The minimum atomic E-state index is -3.45. The summed E-state index contributed by atoms with van der Waals surface area (Å²) in [5, 5.41) is 8.28. The van der Waals surface area contributed by atoms with Gasteiger partial charge in [-0.2, -0.15) is 4.98 Å². The van der Waals surface area contributed by atoms with E-state index in [1.165, 1.54) is 11.3 Å². The van der Waals surface area contributed by atoms with Crippen molar-refractivity contribution >= 4 is 27.1 Å². The number of benzene rings is 1. The van der Waals surface area contributed by atoms with Gasteiger partial charge in [0, 0.05) is 11.3 Å². The van der Waals surface area contributed by atoms with Crippen LogP contribution < -0.4 is 5.32 Å². The predicted octanol–water partition coefficient (Wildman–Crippen LogP) is 2.39. The summed E-state index contributed by atoms with van der Waals surface area (Å²) < 4.78 is 29.6. The number of nitrogens with one attached hydrogen (secondary N) is 1. The summed E-state index contributed by atoms with van der Waals surface area (Å²) in [6, 6.07) is 10.4. The van der Waals surface area contributed by atoms with Crippen LogP contribution >= 0.6 is 11.3 Å². The predicted molar refractivity (Wildman–Crippen MR) is 96.7 cm³/mol. The lowest BCUT2D eigenvalue weighted by molar-refractivity contribution is 0.0907. The molecule has 0 aliphatic rings. The van der Waals surface area contributed by atoms with Crippen molar-refractivity contribution in [2.75, 3.05) is 5.75 Å². The van der Waals surface area contributed by atoms with Crippen LogP contribution in [-0.4, -0.2) is 30.2 Å². The van der Waals surface area contributed by atoms with Gasteiger partial charge in [0.1, 0.15) is 0 Å². The Morgan fingerprint density at radius 1 is 1.23 bits per heavy atom. The molecule has 0 atom stereocenters. The lowest BCUT2D eigenvalue weighted by Crippen LogP contribution is -2.22. The van der Waals surface area contributed by atoms with Crippen molar-refractivity contribution in [3.8, 4) is 0 Å². The largest absolute Gasteiger partial charge is 0.343 e. The summed E-state index contributed by atoms with van der Waals surface area (Å²) in [6.45, 7) is 2.26. The van der Waals surface area contributed by atoms with Crippen LogP contribution in [0.3, 0.4) is 0 Å². The molecule has 0 spiro atoms. The number of aryl methyl sites for hydroxylation is 2. The fraction of sp³-hybridized carbons (Fsp3) is 0.235. The number of hydrogen-bond donors (Lipinski definition) is 1. The van der Waals surface area contributed by atoms with Gasteiger partial charge >= 0.3 is 11.8 Å². The van der Waals surface area contributed by atoms with Crippen molar-refractivity contribution in [1.29, 1.82) is 0 Å². The van der Waals surface area contributed by atoms with Crippen LogP contribution in [-0.2, 0) is 22.8 Å². The molecule has 2 heterocycles. The molecule has 3 aromatic rings. The maximum Gasteiger partial charge on any atom is 0.315 e. The minimum absolute atomic E-state index is 0.0674. The van der Waals surface area contributed by atoms with E-state index in [-0.39, 0.29) is 28.8 Å². The summed E-state index contributed by atoms with van der Waals surface area (Å²) in [4.78, 5) is 17.2. The second-order valence-corrected chi connectivity index (χ2v) is 8.80. The molecule has 0 fully saturated rings. The molecule has 0 aliphatic heterocycles. The SMILES string of the molecule is Cc1ccc(S(=O)(=O)CCc2noc(C(=O)NCc3cccs3)n2)cc1. The van der Waals surface area contributed by atoms with E-state index in [4.69, 9.17) is 4.52 Å². The van der Waals surface area contributed by atoms with Gasteiger partial charge < -0.3 is 9.84 Å². The molecule has 1 amide bonds. The molecular formula is C17H17N3O4S2. The molecule has 1 aromatic carbocycles. The number of aromatic nitrogens is 2. The summed E-state index contributed by atoms with van der Waals surface area (Å²) in [6.07, 6.45) is 0.0674. The highest BCUT2D eigenvalue weighted by molar-refractivity contribution is 7.91. The normalized spacial score (nSPS) is 11.4. The smallest absolute Gasteiger partial charge is 0.315 e. The average molecular weight is 391 g/mol. The molecule has 7 nitrogen and oxygen atoms in total. The Kier molecular flexibility index (Phi) is 5.48. The molecule has 0 radical (unpaired) electrons. The van der Waals surface area contributed by atoms with Gasteiger partial charge in [-0.1, -0.05) is 28.9 Å². The van der Waals surface area contributed by atoms with Crippen molar-refractivity contribution in [2.24, 2.45) is 0 Å². The van der Waals surface area contributed by atoms with Gasteiger partial charge in [-0.15, -0.1) is 11.3 Å². The quantitative estimate of drug-likeness (QED) is 0.663. The number of sulfone groups is 1. The van der Waals surface area contributed by atoms with Crippen molar-refractivity contribution in [1.82, 2.24) is 15.5 Å².